The molecule has 1 saturated carbocycles. The predicted molar refractivity (Wildman–Crippen MR) is 62.0 cm³/mol. The summed E-state index contributed by atoms with van der Waals surface area (Å²) in [6.07, 6.45) is 12.2. The SMILES string of the molecule is C#CC(NC)C1(CC(C)C)CCCC1. The van der Waals surface area contributed by atoms with Crippen LogP contribution in [0.1, 0.15) is 46.0 Å². The highest BCUT2D eigenvalue weighted by Crippen LogP contribution is 2.45. The maximum Gasteiger partial charge on any atom is 0.0741 e. The van der Waals surface area contributed by atoms with Gasteiger partial charge in [0.25, 0.3) is 0 Å². The fourth-order valence-corrected chi connectivity index (χ4v) is 3.07. The third kappa shape index (κ3) is 2.30. The first-order valence-corrected chi connectivity index (χ1v) is 5.78. The van der Waals surface area contributed by atoms with Crippen LogP contribution in [0.3, 0.4) is 0 Å². The summed E-state index contributed by atoms with van der Waals surface area (Å²) in [6, 6.07) is 0.271. The summed E-state index contributed by atoms with van der Waals surface area (Å²) in [5.74, 6) is 3.68. The fourth-order valence-electron chi connectivity index (χ4n) is 3.07. The van der Waals surface area contributed by atoms with Crippen LogP contribution in [0.15, 0.2) is 0 Å². The third-order valence-corrected chi connectivity index (χ3v) is 3.48. The van der Waals surface area contributed by atoms with Gasteiger partial charge in [-0.1, -0.05) is 32.6 Å². The lowest BCUT2D eigenvalue weighted by Crippen LogP contribution is -2.41. The van der Waals surface area contributed by atoms with E-state index in [1.807, 2.05) is 7.05 Å². The Balaban J connectivity index is 2.75. The van der Waals surface area contributed by atoms with Crippen molar-refractivity contribution in [1.82, 2.24) is 5.32 Å². The van der Waals surface area contributed by atoms with Crippen molar-refractivity contribution in [2.75, 3.05) is 7.05 Å². The second-order valence-electron chi connectivity index (χ2n) is 5.06. The average Bonchev–Trinajstić information content (AvgIpc) is 2.55. The molecule has 1 heteroatoms. The number of rotatable bonds is 4. The van der Waals surface area contributed by atoms with Crippen molar-refractivity contribution in [3.05, 3.63) is 0 Å². The van der Waals surface area contributed by atoms with Crippen LogP contribution in [0.5, 0.6) is 0 Å². The maximum atomic E-state index is 5.61. The Morgan fingerprint density at radius 2 is 1.93 bits per heavy atom. The van der Waals surface area contributed by atoms with Crippen LogP contribution in [-0.2, 0) is 0 Å². The summed E-state index contributed by atoms with van der Waals surface area (Å²) in [5, 5.41) is 3.30. The summed E-state index contributed by atoms with van der Waals surface area (Å²) in [4.78, 5) is 0. The van der Waals surface area contributed by atoms with E-state index in [2.05, 4.69) is 25.1 Å². The van der Waals surface area contributed by atoms with E-state index in [-0.39, 0.29) is 6.04 Å². The number of hydrogen-bond donors (Lipinski definition) is 1. The Labute approximate surface area is 88.7 Å². The molecule has 0 aliphatic heterocycles. The number of hydrogen-bond acceptors (Lipinski definition) is 1. The van der Waals surface area contributed by atoms with Crippen LogP contribution in [0, 0.1) is 23.7 Å². The van der Waals surface area contributed by atoms with Gasteiger partial charge < -0.3 is 5.32 Å². The molecular weight excluding hydrogens is 170 g/mol. The van der Waals surface area contributed by atoms with Gasteiger partial charge in [0.1, 0.15) is 0 Å². The molecule has 1 atom stereocenters. The van der Waals surface area contributed by atoms with Gasteiger partial charge in [-0.05, 0) is 37.6 Å². The highest BCUT2D eigenvalue weighted by Gasteiger charge is 2.40. The zero-order chi connectivity index (χ0) is 10.6. The average molecular weight is 193 g/mol. The standard InChI is InChI=1S/C13H23N/c1-5-12(14-4)13(10-11(2)3)8-6-7-9-13/h1,11-12,14H,6-10H2,2-4H3. The fraction of sp³-hybridized carbons (Fsp3) is 0.846. The molecule has 0 aromatic heterocycles. The molecule has 0 aromatic carbocycles. The lowest BCUT2D eigenvalue weighted by Gasteiger charge is -2.36. The first-order chi connectivity index (χ1) is 6.64. The van der Waals surface area contributed by atoms with Crippen LogP contribution in [-0.4, -0.2) is 13.1 Å². The smallest absolute Gasteiger partial charge is 0.0741 e. The van der Waals surface area contributed by atoms with Gasteiger partial charge >= 0.3 is 0 Å². The van der Waals surface area contributed by atoms with Crippen LogP contribution in [0.25, 0.3) is 0 Å². The van der Waals surface area contributed by atoms with E-state index in [4.69, 9.17) is 6.42 Å². The molecule has 1 aliphatic carbocycles. The second-order valence-corrected chi connectivity index (χ2v) is 5.06. The van der Waals surface area contributed by atoms with Gasteiger partial charge in [-0.3, -0.25) is 0 Å². The third-order valence-electron chi connectivity index (χ3n) is 3.48. The summed E-state index contributed by atoms with van der Waals surface area (Å²) in [7, 11) is 1.99. The molecule has 1 N–H and O–H groups in total. The van der Waals surface area contributed by atoms with Gasteiger partial charge in [-0.2, -0.15) is 0 Å². The first kappa shape index (κ1) is 11.6. The molecule has 0 saturated heterocycles. The largest absolute Gasteiger partial charge is 0.306 e. The van der Waals surface area contributed by atoms with Crippen molar-refractivity contribution in [3.63, 3.8) is 0 Å². The Morgan fingerprint density at radius 3 is 2.29 bits per heavy atom. The van der Waals surface area contributed by atoms with Crippen molar-refractivity contribution in [1.29, 1.82) is 0 Å². The normalized spacial score (nSPS) is 22.2. The van der Waals surface area contributed by atoms with Crippen molar-refractivity contribution >= 4 is 0 Å². The Morgan fingerprint density at radius 1 is 1.36 bits per heavy atom. The van der Waals surface area contributed by atoms with Gasteiger partial charge in [0.2, 0.25) is 0 Å². The van der Waals surface area contributed by atoms with Crippen LogP contribution < -0.4 is 5.32 Å². The number of terminal acetylenes is 1. The highest BCUT2D eigenvalue weighted by atomic mass is 14.9. The molecule has 14 heavy (non-hydrogen) atoms. The Kier molecular flexibility index (Phi) is 4.01. The van der Waals surface area contributed by atoms with Crippen molar-refractivity contribution in [2.24, 2.45) is 11.3 Å². The second kappa shape index (κ2) is 4.84. The van der Waals surface area contributed by atoms with Crippen molar-refractivity contribution in [2.45, 2.75) is 52.0 Å². The lowest BCUT2D eigenvalue weighted by atomic mass is 9.73. The van der Waals surface area contributed by atoms with E-state index < -0.39 is 0 Å². The predicted octanol–water partition coefficient (Wildman–Crippen LogP) is 2.81. The van der Waals surface area contributed by atoms with Gasteiger partial charge in [0.05, 0.1) is 6.04 Å². The molecule has 1 unspecified atom stereocenters. The topological polar surface area (TPSA) is 12.0 Å². The van der Waals surface area contributed by atoms with Gasteiger partial charge in [-0.25, -0.2) is 0 Å². The van der Waals surface area contributed by atoms with E-state index in [0.717, 1.165) is 5.92 Å². The zero-order valence-electron chi connectivity index (χ0n) is 9.77. The van der Waals surface area contributed by atoms with E-state index in [1.165, 1.54) is 32.1 Å². The molecule has 0 aromatic rings. The Bertz CT molecular complexity index is 206. The van der Waals surface area contributed by atoms with E-state index >= 15 is 0 Å². The molecule has 0 amide bonds. The molecule has 0 radical (unpaired) electrons. The highest BCUT2D eigenvalue weighted by molar-refractivity contribution is 5.10. The van der Waals surface area contributed by atoms with Gasteiger partial charge in [-0.15, -0.1) is 6.42 Å². The molecule has 0 bridgehead atoms. The minimum absolute atomic E-state index is 0.271. The molecule has 1 nitrogen and oxygen atoms in total. The molecular formula is C13H23N. The van der Waals surface area contributed by atoms with Gasteiger partial charge in [0, 0.05) is 0 Å². The summed E-state index contributed by atoms with van der Waals surface area (Å²) in [5.41, 5.74) is 0.387. The lowest BCUT2D eigenvalue weighted by molar-refractivity contribution is 0.194. The molecule has 80 valence electrons. The van der Waals surface area contributed by atoms with Crippen LogP contribution >= 0.6 is 0 Å². The molecule has 0 spiro atoms. The minimum Gasteiger partial charge on any atom is -0.306 e. The number of nitrogens with one attached hydrogen (secondary N) is 1. The van der Waals surface area contributed by atoms with Crippen LogP contribution in [0.4, 0.5) is 0 Å². The quantitative estimate of drug-likeness (QED) is 0.677. The van der Waals surface area contributed by atoms with Crippen molar-refractivity contribution < 1.29 is 0 Å². The molecule has 0 heterocycles. The minimum atomic E-state index is 0.271. The molecule has 1 fully saturated rings. The summed E-state index contributed by atoms with van der Waals surface area (Å²) in [6.45, 7) is 4.59. The van der Waals surface area contributed by atoms with E-state index in [9.17, 15) is 0 Å². The molecule has 1 aliphatic rings. The monoisotopic (exact) mass is 193 g/mol. The zero-order valence-corrected chi connectivity index (χ0v) is 9.77. The molecule has 1 rings (SSSR count). The van der Waals surface area contributed by atoms with E-state index in [0.29, 0.717) is 5.41 Å². The summed E-state index contributed by atoms with van der Waals surface area (Å²) >= 11 is 0. The van der Waals surface area contributed by atoms with E-state index in [1.54, 1.807) is 0 Å². The first-order valence-electron chi connectivity index (χ1n) is 5.78. The van der Waals surface area contributed by atoms with Crippen LogP contribution in [0.2, 0.25) is 0 Å². The maximum absolute atomic E-state index is 5.61. The van der Waals surface area contributed by atoms with Crippen molar-refractivity contribution in [3.8, 4) is 12.3 Å². The van der Waals surface area contributed by atoms with Gasteiger partial charge in [0.15, 0.2) is 0 Å². The summed E-state index contributed by atoms with van der Waals surface area (Å²) < 4.78 is 0. The Hall–Kier alpha value is -0.480.